The molecular formula is C12H8N4O4S. The van der Waals surface area contributed by atoms with Gasteiger partial charge in [-0.25, -0.2) is 4.98 Å². The number of nitrogens with one attached hydrogen (secondary N) is 1. The van der Waals surface area contributed by atoms with E-state index in [0.717, 1.165) is 22.9 Å². The Labute approximate surface area is 120 Å². The number of rotatable bonds is 3. The molecule has 0 amide bonds. The molecule has 3 aromatic rings. The fourth-order valence-electron chi connectivity index (χ4n) is 1.91. The number of pyridine rings is 1. The van der Waals surface area contributed by atoms with E-state index in [-0.39, 0.29) is 23.6 Å². The minimum atomic E-state index is -0.589. The maximum absolute atomic E-state index is 11.8. The number of aromatic amines is 1. The Bertz CT molecular complexity index is 956. The van der Waals surface area contributed by atoms with Crippen molar-refractivity contribution in [1.82, 2.24) is 14.5 Å². The molecule has 0 aromatic carbocycles. The van der Waals surface area contributed by atoms with Crippen LogP contribution in [0.3, 0.4) is 0 Å². The molecule has 9 heteroatoms. The van der Waals surface area contributed by atoms with Gasteiger partial charge in [-0.2, -0.15) is 0 Å². The molecule has 1 N–H and O–H groups in total. The standard InChI is InChI=1S/C12H8N4O4S/c17-10-2-1-7(16(19)20)5-15(10)6-9-13-8-3-4-21-11(8)12(18)14-9/h1-5H,6H2,(H,13,14,18). The Hall–Kier alpha value is -2.81. The molecule has 0 radical (unpaired) electrons. The molecule has 21 heavy (non-hydrogen) atoms. The molecule has 0 unspecified atom stereocenters. The van der Waals surface area contributed by atoms with Crippen LogP contribution < -0.4 is 11.1 Å². The maximum atomic E-state index is 11.8. The minimum absolute atomic E-state index is 0.0401. The summed E-state index contributed by atoms with van der Waals surface area (Å²) < 4.78 is 1.64. The number of H-pyrrole nitrogens is 1. The average molecular weight is 304 g/mol. The van der Waals surface area contributed by atoms with Gasteiger partial charge in [-0.1, -0.05) is 0 Å². The number of fused-ring (bicyclic) bond motifs is 1. The van der Waals surface area contributed by atoms with E-state index in [9.17, 15) is 19.7 Å². The van der Waals surface area contributed by atoms with Crippen LogP contribution in [0.15, 0.2) is 39.4 Å². The van der Waals surface area contributed by atoms with E-state index in [0.29, 0.717) is 10.2 Å². The molecule has 0 saturated heterocycles. The van der Waals surface area contributed by atoms with Crippen LogP contribution in [0.5, 0.6) is 0 Å². The molecule has 0 saturated carbocycles. The van der Waals surface area contributed by atoms with Crippen molar-refractivity contribution < 1.29 is 4.92 Å². The van der Waals surface area contributed by atoms with Gasteiger partial charge in [0, 0.05) is 12.1 Å². The van der Waals surface area contributed by atoms with Crippen LogP contribution >= 0.6 is 11.3 Å². The lowest BCUT2D eigenvalue weighted by Crippen LogP contribution is -2.22. The van der Waals surface area contributed by atoms with Crippen molar-refractivity contribution in [3.8, 4) is 0 Å². The summed E-state index contributed by atoms with van der Waals surface area (Å²) in [7, 11) is 0. The summed E-state index contributed by atoms with van der Waals surface area (Å²) >= 11 is 1.27. The molecule has 8 nitrogen and oxygen atoms in total. The molecule has 106 valence electrons. The first-order chi connectivity index (χ1) is 10.0. The van der Waals surface area contributed by atoms with Gasteiger partial charge >= 0.3 is 0 Å². The van der Waals surface area contributed by atoms with Crippen molar-refractivity contribution in [2.24, 2.45) is 0 Å². The molecule has 0 aliphatic carbocycles. The fraction of sp³-hybridized carbons (Fsp3) is 0.0833. The highest BCUT2D eigenvalue weighted by molar-refractivity contribution is 7.17. The number of nitro groups is 1. The minimum Gasteiger partial charge on any atom is -0.308 e. The Morgan fingerprint density at radius 2 is 2.14 bits per heavy atom. The molecule has 0 spiro atoms. The molecule has 0 atom stereocenters. The van der Waals surface area contributed by atoms with Crippen LogP contribution in [-0.4, -0.2) is 19.5 Å². The van der Waals surface area contributed by atoms with Crippen LogP contribution in [0.4, 0.5) is 5.69 Å². The summed E-state index contributed by atoms with van der Waals surface area (Å²) in [5, 5.41) is 12.5. The zero-order valence-corrected chi connectivity index (χ0v) is 11.3. The van der Waals surface area contributed by atoms with Crippen LogP contribution in [0.1, 0.15) is 5.82 Å². The number of aromatic nitrogens is 3. The largest absolute Gasteiger partial charge is 0.308 e. The first kappa shape index (κ1) is 13.2. The lowest BCUT2D eigenvalue weighted by Gasteiger charge is -2.04. The van der Waals surface area contributed by atoms with Crippen LogP contribution in [0, 0.1) is 10.1 Å². The van der Waals surface area contributed by atoms with Gasteiger partial charge in [-0.05, 0) is 11.4 Å². The van der Waals surface area contributed by atoms with Gasteiger partial charge in [0.05, 0.1) is 23.2 Å². The summed E-state index contributed by atoms with van der Waals surface area (Å²) in [4.78, 5) is 40.5. The Morgan fingerprint density at radius 3 is 2.90 bits per heavy atom. The van der Waals surface area contributed by atoms with Gasteiger partial charge in [0.25, 0.3) is 16.8 Å². The van der Waals surface area contributed by atoms with E-state index >= 15 is 0 Å². The predicted molar refractivity (Wildman–Crippen MR) is 76.7 cm³/mol. The molecule has 3 rings (SSSR count). The van der Waals surface area contributed by atoms with E-state index < -0.39 is 10.5 Å². The number of nitrogens with zero attached hydrogens (tertiary/aromatic N) is 3. The highest BCUT2D eigenvalue weighted by Gasteiger charge is 2.10. The van der Waals surface area contributed by atoms with Crippen LogP contribution in [-0.2, 0) is 6.54 Å². The van der Waals surface area contributed by atoms with Gasteiger partial charge in [0.15, 0.2) is 0 Å². The van der Waals surface area contributed by atoms with E-state index in [2.05, 4.69) is 9.97 Å². The summed E-state index contributed by atoms with van der Waals surface area (Å²) in [5.41, 5.74) is -0.358. The quantitative estimate of drug-likeness (QED) is 0.575. The Kier molecular flexibility index (Phi) is 3.10. The van der Waals surface area contributed by atoms with E-state index in [1.54, 1.807) is 11.4 Å². The van der Waals surface area contributed by atoms with E-state index in [1.165, 1.54) is 11.3 Å². The lowest BCUT2D eigenvalue weighted by molar-refractivity contribution is -0.385. The smallest absolute Gasteiger partial charge is 0.285 e. The summed E-state index contributed by atoms with van der Waals surface area (Å²) in [6.45, 7) is -0.0401. The Morgan fingerprint density at radius 1 is 1.33 bits per heavy atom. The third-order valence-corrected chi connectivity index (χ3v) is 3.77. The zero-order chi connectivity index (χ0) is 15.0. The van der Waals surface area contributed by atoms with Crippen molar-refractivity contribution in [1.29, 1.82) is 0 Å². The van der Waals surface area contributed by atoms with Crippen molar-refractivity contribution in [2.45, 2.75) is 6.54 Å². The first-order valence-electron chi connectivity index (χ1n) is 5.86. The molecular weight excluding hydrogens is 296 g/mol. The van der Waals surface area contributed by atoms with Gasteiger partial charge in [0.2, 0.25) is 0 Å². The second-order valence-electron chi connectivity index (χ2n) is 4.26. The van der Waals surface area contributed by atoms with Crippen molar-refractivity contribution in [2.75, 3.05) is 0 Å². The van der Waals surface area contributed by atoms with Crippen LogP contribution in [0.25, 0.3) is 10.2 Å². The number of hydrogen-bond donors (Lipinski definition) is 1. The third kappa shape index (κ3) is 2.46. The number of hydrogen-bond acceptors (Lipinski definition) is 6. The molecule has 0 fully saturated rings. The molecule has 0 aliphatic rings. The van der Waals surface area contributed by atoms with Gasteiger partial charge in [0.1, 0.15) is 10.5 Å². The van der Waals surface area contributed by atoms with Crippen molar-refractivity contribution in [3.63, 3.8) is 0 Å². The van der Waals surface area contributed by atoms with E-state index in [4.69, 9.17) is 0 Å². The predicted octanol–water partition coefficient (Wildman–Crippen LogP) is 1.10. The maximum Gasteiger partial charge on any atom is 0.285 e. The fourth-order valence-corrected chi connectivity index (χ4v) is 2.63. The average Bonchev–Trinajstić information content (AvgIpc) is 2.90. The van der Waals surface area contributed by atoms with Crippen molar-refractivity contribution in [3.05, 3.63) is 66.4 Å². The molecule has 3 aromatic heterocycles. The monoisotopic (exact) mass is 304 g/mol. The molecule has 0 bridgehead atoms. The lowest BCUT2D eigenvalue weighted by atomic mass is 10.4. The highest BCUT2D eigenvalue weighted by Crippen LogP contribution is 2.14. The normalized spacial score (nSPS) is 10.9. The van der Waals surface area contributed by atoms with Gasteiger partial charge in [-0.15, -0.1) is 11.3 Å². The first-order valence-corrected chi connectivity index (χ1v) is 6.74. The van der Waals surface area contributed by atoms with Gasteiger partial charge in [-0.3, -0.25) is 19.7 Å². The Balaban J connectivity index is 2.05. The molecule has 3 heterocycles. The summed E-state index contributed by atoms with van der Waals surface area (Å²) in [6, 6.07) is 3.95. The van der Waals surface area contributed by atoms with Gasteiger partial charge < -0.3 is 9.55 Å². The zero-order valence-electron chi connectivity index (χ0n) is 10.5. The number of thiophene rings is 1. The topological polar surface area (TPSA) is 111 Å². The SMILES string of the molecule is O=c1[nH]c(Cn2cc([N+](=O)[O-])ccc2=O)nc2ccsc12. The third-order valence-electron chi connectivity index (χ3n) is 2.86. The summed E-state index contributed by atoms with van der Waals surface area (Å²) in [6.07, 6.45) is 1.13. The van der Waals surface area contributed by atoms with Crippen molar-refractivity contribution >= 4 is 27.2 Å². The van der Waals surface area contributed by atoms with E-state index in [1.807, 2.05) is 0 Å². The second-order valence-corrected chi connectivity index (χ2v) is 5.17. The second kappa shape index (κ2) is 4.94. The molecule has 0 aliphatic heterocycles. The van der Waals surface area contributed by atoms with Crippen LogP contribution in [0.2, 0.25) is 0 Å². The highest BCUT2D eigenvalue weighted by atomic mass is 32.1. The summed E-state index contributed by atoms with van der Waals surface area (Å²) in [5.74, 6) is 0.272.